The number of rotatable bonds is 7. The zero-order chi connectivity index (χ0) is 15.1. The van der Waals surface area contributed by atoms with E-state index in [1.165, 1.54) is 5.56 Å². The lowest BCUT2D eigenvalue weighted by Gasteiger charge is -2.09. The van der Waals surface area contributed by atoms with Crippen molar-refractivity contribution >= 4 is 17.1 Å². The third-order valence-electron chi connectivity index (χ3n) is 3.10. The molecule has 5 nitrogen and oxygen atoms in total. The summed E-state index contributed by atoms with van der Waals surface area (Å²) in [7, 11) is 0. The van der Waals surface area contributed by atoms with Crippen molar-refractivity contribution < 1.29 is 4.92 Å². The molecule has 2 N–H and O–H groups in total. The first kappa shape index (κ1) is 14.8. The maximum Gasteiger partial charge on any atom is 0.273 e. The van der Waals surface area contributed by atoms with Crippen LogP contribution in [0.1, 0.15) is 12.5 Å². The fourth-order valence-electron chi connectivity index (χ4n) is 2.12. The molecule has 2 aromatic carbocycles. The summed E-state index contributed by atoms with van der Waals surface area (Å²) in [6, 6.07) is 15.1. The molecule has 0 radical (unpaired) electrons. The van der Waals surface area contributed by atoms with Gasteiger partial charge >= 0.3 is 0 Å². The van der Waals surface area contributed by atoms with Crippen molar-refractivity contribution in [2.45, 2.75) is 13.3 Å². The molecule has 0 aliphatic rings. The van der Waals surface area contributed by atoms with E-state index in [9.17, 15) is 10.1 Å². The highest BCUT2D eigenvalue weighted by Gasteiger charge is 2.09. The van der Waals surface area contributed by atoms with Gasteiger partial charge in [0.15, 0.2) is 0 Å². The van der Waals surface area contributed by atoms with Gasteiger partial charge in [0.25, 0.3) is 5.69 Å². The third kappa shape index (κ3) is 4.49. The Kier molecular flexibility index (Phi) is 5.15. The highest BCUT2D eigenvalue weighted by Crippen LogP contribution is 2.24. The van der Waals surface area contributed by atoms with Crippen molar-refractivity contribution in [3.63, 3.8) is 0 Å². The second-order valence-electron chi connectivity index (χ2n) is 4.72. The van der Waals surface area contributed by atoms with Gasteiger partial charge in [-0.1, -0.05) is 30.3 Å². The SMILES string of the molecule is CCNc1cc(NCCc2ccccc2)cc([N+](=O)[O-])c1. The number of non-ortho nitro benzene ring substituents is 1. The summed E-state index contributed by atoms with van der Waals surface area (Å²) in [5.74, 6) is 0. The van der Waals surface area contributed by atoms with Crippen LogP contribution < -0.4 is 10.6 Å². The van der Waals surface area contributed by atoms with Crippen LogP contribution in [0.4, 0.5) is 17.1 Å². The van der Waals surface area contributed by atoms with E-state index in [1.54, 1.807) is 12.1 Å². The predicted molar refractivity (Wildman–Crippen MR) is 85.9 cm³/mol. The Hall–Kier alpha value is -2.56. The minimum atomic E-state index is -0.372. The molecule has 0 fully saturated rings. The van der Waals surface area contributed by atoms with E-state index >= 15 is 0 Å². The van der Waals surface area contributed by atoms with E-state index < -0.39 is 0 Å². The Morgan fingerprint density at radius 1 is 1.05 bits per heavy atom. The first-order valence-electron chi connectivity index (χ1n) is 7.00. The van der Waals surface area contributed by atoms with Crippen molar-refractivity contribution in [1.29, 1.82) is 0 Å². The lowest BCUT2D eigenvalue weighted by Crippen LogP contribution is -2.06. The molecule has 0 amide bonds. The van der Waals surface area contributed by atoms with Crippen LogP contribution in [0, 0.1) is 10.1 Å². The fraction of sp³-hybridized carbons (Fsp3) is 0.250. The molecule has 0 unspecified atom stereocenters. The monoisotopic (exact) mass is 285 g/mol. The van der Waals surface area contributed by atoms with E-state index in [2.05, 4.69) is 22.8 Å². The molecule has 110 valence electrons. The molecule has 5 heteroatoms. The van der Waals surface area contributed by atoms with Crippen molar-refractivity contribution in [3.8, 4) is 0 Å². The smallest absolute Gasteiger partial charge is 0.273 e. The molecule has 21 heavy (non-hydrogen) atoms. The molecule has 0 heterocycles. The van der Waals surface area contributed by atoms with Crippen molar-refractivity contribution in [2.24, 2.45) is 0 Å². The predicted octanol–water partition coefficient (Wildman–Crippen LogP) is 3.68. The number of nitrogens with one attached hydrogen (secondary N) is 2. The van der Waals surface area contributed by atoms with Gasteiger partial charge in [0.1, 0.15) is 0 Å². The number of benzene rings is 2. The van der Waals surface area contributed by atoms with Crippen LogP contribution in [0.2, 0.25) is 0 Å². The fourth-order valence-corrected chi connectivity index (χ4v) is 2.12. The first-order chi connectivity index (χ1) is 10.2. The van der Waals surface area contributed by atoms with E-state index in [-0.39, 0.29) is 10.6 Å². The molecule has 2 rings (SSSR count). The molecule has 0 saturated heterocycles. The van der Waals surface area contributed by atoms with Gasteiger partial charge in [-0.05, 0) is 25.0 Å². The lowest BCUT2D eigenvalue weighted by atomic mass is 10.1. The highest BCUT2D eigenvalue weighted by atomic mass is 16.6. The van der Waals surface area contributed by atoms with Gasteiger partial charge in [0.05, 0.1) is 4.92 Å². The molecular formula is C16H19N3O2. The molecule has 0 aliphatic heterocycles. The maximum atomic E-state index is 11.0. The zero-order valence-corrected chi connectivity index (χ0v) is 12.0. The highest BCUT2D eigenvalue weighted by molar-refractivity contribution is 5.63. The molecular weight excluding hydrogens is 266 g/mol. The van der Waals surface area contributed by atoms with Crippen LogP contribution in [0.25, 0.3) is 0 Å². The number of hydrogen-bond acceptors (Lipinski definition) is 4. The van der Waals surface area contributed by atoms with Crippen molar-refractivity contribution in [3.05, 3.63) is 64.2 Å². The minimum absolute atomic E-state index is 0.0932. The van der Waals surface area contributed by atoms with Gasteiger partial charge in [-0.15, -0.1) is 0 Å². The summed E-state index contributed by atoms with van der Waals surface area (Å²) >= 11 is 0. The quantitative estimate of drug-likeness (QED) is 0.601. The Balaban J connectivity index is 2.03. The van der Waals surface area contributed by atoms with E-state index in [0.717, 1.165) is 30.9 Å². The standard InChI is InChI=1S/C16H19N3O2/c1-2-17-14-10-15(12-16(11-14)19(20)21)18-9-8-13-6-4-3-5-7-13/h3-7,10-12,17-18H,2,8-9H2,1H3. The van der Waals surface area contributed by atoms with Crippen molar-refractivity contribution in [1.82, 2.24) is 0 Å². The molecule has 0 atom stereocenters. The average molecular weight is 285 g/mol. The van der Waals surface area contributed by atoms with Gasteiger partial charge in [0, 0.05) is 36.6 Å². The van der Waals surface area contributed by atoms with Gasteiger partial charge in [0.2, 0.25) is 0 Å². The molecule has 0 aromatic heterocycles. The summed E-state index contributed by atoms with van der Waals surface area (Å²) in [5.41, 5.74) is 2.85. The van der Waals surface area contributed by atoms with Crippen LogP contribution in [0.5, 0.6) is 0 Å². The number of hydrogen-bond donors (Lipinski definition) is 2. The molecule has 2 aromatic rings. The first-order valence-corrected chi connectivity index (χ1v) is 7.00. The molecule has 0 spiro atoms. The van der Waals surface area contributed by atoms with E-state index in [0.29, 0.717) is 0 Å². The Bertz CT molecular complexity index is 600. The van der Waals surface area contributed by atoms with Crippen LogP contribution in [-0.2, 0) is 6.42 Å². The summed E-state index contributed by atoms with van der Waals surface area (Å²) in [4.78, 5) is 10.6. The molecule has 0 aliphatic carbocycles. The van der Waals surface area contributed by atoms with Crippen LogP contribution in [0.15, 0.2) is 48.5 Å². The Labute approximate surface area is 124 Å². The van der Waals surface area contributed by atoms with Crippen LogP contribution in [-0.4, -0.2) is 18.0 Å². The minimum Gasteiger partial charge on any atom is -0.385 e. The summed E-state index contributed by atoms with van der Waals surface area (Å²) in [6.45, 7) is 3.42. The summed E-state index contributed by atoms with van der Waals surface area (Å²) in [6.07, 6.45) is 0.875. The molecule has 0 saturated carbocycles. The van der Waals surface area contributed by atoms with Gasteiger partial charge in [-0.3, -0.25) is 10.1 Å². The average Bonchev–Trinajstić information content (AvgIpc) is 2.48. The zero-order valence-electron chi connectivity index (χ0n) is 12.0. The Morgan fingerprint density at radius 3 is 2.33 bits per heavy atom. The van der Waals surface area contributed by atoms with Gasteiger partial charge in [-0.25, -0.2) is 0 Å². The Morgan fingerprint density at radius 2 is 1.71 bits per heavy atom. The lowest BCUT2D eigenvalue weighted by molar-refractivity contribution is -0.384. The van der Waals surface area contributed by atoms with Gasteiger partial charge in [-0.2, -0.15) is 0 Å². The number of nitro benzene ring substituents is 1. The van der Waals surface area contributed by atoms with Crippen LogP contribution in [0.3, 0.4) is 0 Å². The largest absolute Gasteiger partial charge is 0.385 e. The van der Waals surface area contributed by atoms with Crippen LogP contribution >= 0.6 is 0 Å². The second kappa shape index (κ2) is 7.28. The summed E-state index contributed by atoms with van der Waals surface area (Å²) in [5, 5.41) is 17.3. The van der Waals surface area contributed by atoms with E-state index in [1.807, 2.05) is 31.2 Å². The molecule has 0 bridgehead atoms. The summed E-state index contributed by atoms with van der Waals surface area (Å²) < 4.78 is 0. The van der Waals surface area contributed by atoms with Crippen molar-refractivity contribution in [2.75, 3.05) is 23.7 Å². The number of anilines is 2. The number of nitrogens with zero attached hydrogens (tertiary/aromatic N) is 1. The second-order valence-corrected chi connectivity index (χ2v) is 4.72. The maximum absolute atomic E-state index is 11.0. The number of nitro groups is 1. The van der Waals surface area contributed by atoms with E-state index in [4.69, 9.17) is 0 Å². The topological polar surface area (TPSA) is 67.2 Å². The normalized spacial score (nSPS) is 10.1. The van der Waals surface area contributed by atoms with Gasteiger partial charge < -0.3 is 10.6 Å². The third-order valence-corrected chi connectivity index (χ3v) is 3.10.